The molecule has 3 rings (SSSR count). The largest absolute Gasteiger partial charge is 0.467 e. The van der Waals surface area contributed by atoms with Crippen LogP contribution in [0.25, 0.3) is 0 Å². The average Bonchev–Trinajstić information content (AvgIpc) is 3.09. The number of amides is 3. The minimum atomic E-state index is -0.361. The van der Waals surface area contributed by atoms with Gasteiger partial charge in [-0.05, 0) is 25.0 Å². The van der Waals surface area contributed by atoms with E-state index >= 15 is 0 Å². The number of imide groups is 1. The van der Waals surface area contributed by atoms with Crippen LogP contribution in [0.2, 0.25) is 0 Å². The summed E-state index contributed by atoms with van der Waals surface area (Å²) in [7, 11) is 0. The Kier molecular flexibility index (Phi) is 3.60. The maximum absolute atomic E-state index is 12.2. The second kappa shape index (κ2) is 5.55. The van der Waals surface area contributed by atoms with E-state index in [0.29, 0.717) is 18.6 Å². The van der Waals surface area contributed by atoms with Crippen LogP contribution in [0.3, 0.4) is 0 Å². The molecule has 1 aliphatic heterocycles. The molecule has 2 heterocycles. The lowest BCUT2D eigenvalue weighted by Crippen LogP contribution is -2.40. The zero-order chi connectivity index (χ0) is 14.8. The van der Waals surface area contributed by atoms with Crippen molar-refractivity contribution in [1.82, 2.24) is 10.2 Å². The van der Waals surface area contributed by atoms with E-state index in [0.717, 1.165) is 4.90 Å². The highest BCUT2D eigenvalue weighted by Crippen LogP contribution is 2.34. The topological polar surface area (TPSA) is 79.6 Å². The maximum Gasteiger partial charge on any atom is 0.240 e. The van der Waals surface area contributed by atoms with Crippen LogP contribution in [0.15, 0.2) is 35.0 Å². The standard InChI is InChI=1S/C15H16N2O4/c18-13(16-8-10-4-3-7-21-10)9-17-14(19)11-5-1-2-6-12(11)15(17)20/h1-4,7,11-12H,5-6,8-9H2,(H,16,18)/t11-,12-/m1/s1. The van der Waals surface area contributed by atoms with Crippen molar-refractivity contribution in [2.75, 3.05) is 6.54 Å². The van der Waals surface area contributed by atoms with Crippen LogP contribution >= 0.6 is 0 Å². The molecule has 110 valence electrons. The van der Waals surface area contributed by atoms with Gasteiger partial charge in [0, 0.05) is 0 Å². The molecule has 2 aliphatic rings. The first kappa shape index (κ1) is 13.6. The summed E-state index contributed by atoms with van der Waals surface area (Å²) in [5, 5.41) is 2.64. The minimum absolute atomic E-state index is 0.217. The number of allylic oxidation sites excluding steroid dienone is 2. The van der Waals surface area contributed by atoms with Gasteiger partial charge in [0.25, 0.3) is 0 Å². The third-order valence-corrected chi connectivity index (χ3v) is 3.94. The van der Waals surface area contributed by atoms with Crippen LogP contribution in [-0.4, -0.2) is 29.2 Å². The Hall–Kier alpha value is -2.37. The molecule has 1 fully saturated rings. The van der Waals surface area contributed by atoms with Gasteiger partial charge in [0.1, 0.15) is 12.3 Å². The third kappa shape index (κ3) is 2.61. The molecule has 1 aliphatic carbocycles. The zero-order valence-corrected chi connectivity index (χ0v) is 11.5. The van der Waals surface area contributed by atoms with Crippen molar-refractivity contribution in [1.29, 1.82) is 0 Å². The molecule has 2 atom stereocenters. The lowest BCUT2D eigenvalue weighted by Gasteiger charge is -2.14. The first-order valence-corrected chi connectivity index (χ1v) is 6.96. The van der Waals surface area contributed by atoms with Gasteiger partial charge in [-0.15, -0.1) is 0 Å². The van der Waals surface area contributed by atoms with Crippen molar-refractivity contribution in [3.05, 3.63) is 36.3 Å². The number of carbonyl (C=O) groups is 3. The number of rotatable bonds is 4. The van der Waals surface area contributed by atoms with E-state index in [2.05, 4.69) is 5.32 Å². The number of nitrogens with one attached hydrogen (secondary N) is 1. The summed E-state index contributed by atoms with van der Waals surface area (Å²) in [6.07, 6.45) is 6.53. The van der Waals surface area contributed by atoms with E-state index in [1.807, 2.05) is 12.2 Å². The van der Waals surface area contributed by atoms with Gasteiger partial charge in [0.15, 0.2) is 0 Å². The highest BCUT2D eigenvalue weighted by molar-refractivity contribution is 6.07. The summed E-state index contributed by atoms with van der Waals surface area (Å²) in [6.45, 7) is 0.0296. The Morgan fingerprint density at radius 3 is 2.48 bits per heavy atom. The number of nitrogens with zero attached hydrogens (tertiary/aromatic N) is 1. The first-order valence-electron chi connectivity index (χ1n) is 6.96. The molecule has 1 N–H and O–H groups in total. The van der Waals surface area contributed by atoms with Crippen LogP contribution in [0.4, 0.5) is 0 Å². The van der Waals surface area contributed by atoms with Crippen molar-refractivity contribution in [2.45, 2.75) is 19.4 Å². The Balaban J connectivity index is 1.58. The summed E-state index contributed by atoms with van der Waals surface area (Å²) >= 11 is 0. The van der Waals surface area contributed by atoms with Crippen LogP contribution in [-0.2, 0) is 20.9 Å². The number of fused-ring (bicyclic) bond motifs is 1. The van der Waals surface area contributed by atoms with E-state index in [4.69, 9.17) is 4.42 Å². The fourth-order valence-electron chi connectivity index (χ4n) is 2.82. The molecule has 3 amide bonds. The van der Waals surface area contributed by atoms with Gasteiger partial charge in [0.2, 0.25) is 17.7 Å². The van der Waals surface area contributed by atoms with E-state index < -0.39 is 0 Å². The number of hydrogen-bond donors (Lipinski definition) is 1. The second-order valence-corrected chi connectivity index (χ2v) is 5.27. The summed E-state index contributed by atoms with van der Waals surface area (Å²) in [5.41, 5.74) is 0. The zero-order valence-electron chi connectivity index (χ0n) is 11.5. The van der Waals surface area contributed by atoms with Gasteiger partial charge >= 0.3 is 0 Å². The average molecular weight is 288 g/mol. The predicted octanol–water partition coefficient (Wildman–Crippen LogP) is 0.847. The number of likely N-dealkylation sites (tertiary alicyclic amines) is 1. The summed E-state index contributed by atoms with van der Waals surface area (Å²) < 4.78 is 5.10. The van der Waals surface area contributed by atoms with Crippen molar-refractivity contribution in [2.24, 2.45) is 11.8 Å². The molecule has 0 saturated carbocycles. The molecule has 1 aromatic rings. The predicted molar refractivity (Wildman–Crippen MR) is 72.6 cm³/mol. The van der Waals surface area contributed by atoms with E-state index in [1.54, 1.807) is 12.1 Å². The van der Waals surface area contributed by atoms with Crippen LogP contribution < -0.4 is 5.32 Å². The van der Waals surface area contributed by atoms with Gasteiger partial charge in [0.05, 0.1) is 24.6 Å². The maximum atomic E-state index is 12.2. The molecule has 1 saturated heterocycles. The highest BCUT2D eigenvalue weighted by Gasteiger charge is 2.47. The summed E-state index contributed by atoms with van der Waals surface area (Å²) in [4.78, 5) is 37.3. The van der Waals surface area contributed by atoms with E-state index in [9.17, 15) is 14.4 Å². The van der Waals surface area contributed by atoms with Crippen LogP contribution in [0.1, 0.15) is 18.6 Å². The normalized spacial score (nSPS) is 24.3. The fourth-order valence-corrected chi connectivity index (χ4v) is 2.82. The highest BCUT2D eigenvalue weighted by atomic mass is 16.3. The Bertz CT molecular complexity index is 565. The smallest absolute Gasteiger partial charge is 0.240 e. The van der Waals surface area contributed by atoms with Crippen molar-refractivity contribution >= 4 is 17.7 Å². The van der Waals surface area contributed by atoms with Gasteiger partial charge in [-0.25, -0.2) is 0 Å². The Labute approximate surface area is 121 Å². The second-order valence-electron chi connectivity index (χ2n) is 5.27. The Morgan fingerprint density at radius 2 is 1.90 bits per heavy atom. The molecule has 0 aromatic carbocycles. The van der Waals surface area contributed by atoms with E-state index in [1.165, 1.54) is 6.26 Å². The van der Waals surface area contributed by atoms with Gasteiger partial charge in [-0.2, -0.15) is 0 Å². The molecule has 0 unspecified atom stereocenters. The molecule has 6 nitrogen and oxygen atoms in total. The number of furan rings is 1. The molecule has 1 aromatic heterocycles. The van der Waals surface area contributed by atoms with Crippen molar-refractivity contribution < 1.29 is 18.8 Å². The molecule has 6 heteroatoms. The lowest BCUT2D eigenvalue weighted by atomic mass is 9.85. The Morgan fingerprint density at radius 1 is 1.24 bits per heavy atom. The SMILES string of the molecule is O=C(CN1C(=O)[C@@H]2CC=CC[C@H]2C1=O)NCc1ccco1. The molecular weight excluding hydrogens is 272 g/mol. The summed E-state index contributed by atoms with van der Waals surface area (Å²) in [6, 6.07) is 3.47. The molecule has 21 heavy (non-hydrogen) atoms. The minimum Gasteiger partial charge on any atom is -0.467 e. The van der Waals surface area contributed by atoms with Crippen LogP contribution in [0, 0.1) is 11.8 Å². The van der Waals surface area contributed by atoms with E-state index in [-0.39, 0.29) is 42.6 Å². The quantitative estimate of drug-likeness (QED) is 0.658. The number of hydrogen-bond acceptors (Lipinski definition) is 4. The molecular formula is C15H16N2O4. The third-order valence-electron chi connectivity index (χ3n) is 3.94. The van der Waals surface area contributed by atoms with Gasteiger partial charge in [-0.1, -0.05) is 12.2 Å². The monoisotopic (exact) mass is 288 g/mol. The van der Waals surface area contributed by atoms with Crippen molar-refractivity contribution in [3.8, 4) is 0 Å². The molecule has 0 radical (unpaired) electrons. The molecule has 0 bridgehead atoms. The first-order chi connectivity index (χ1) is 10.2. The van der Waals surface area contributed by atoms with Crippen molar-refractivity contribution in [3.63, 3.8) is 0 Å². The number of carbonyl (C=O) groups excluding carboxylic acids is 3. The van der Waals surface area contributed by atoms with Gasteiger partial charge < -0.3 is 9.73 Å². The lowest BCUT2D eigenvalue weighted by molar-refractivity contribution is -0.143. The van der Waals surface area contributed by atoms with Crippen LogP contribution in [0.5, 0.6) is 0 Å². The molecule has 0 spiro atoms. The van der Waals surface area contributed by atoms with Gasteiger partial charge in [-0.3, -0.25) is 19.3 Å². The fraction of sp³-hybridized carbons (Fsp3) is 0.400. The summed E-state index contributed by atoms with van der Waals surface area (Å²) in [5.74, 6) is -0.786.